The lowest BCUT2D eigenvalue weighted by molar-refractivity contribution is -0.213. The third kappa shape index (κ3) is 2.32. The Morgan fingerprint density at radius 1 is 0.960 bits per heavy atom. The van der Waals surface area contributed by atoms with Crippen LogP contribution in [0.15, 0.2) is 11.7 Å². The van der Waals surface area contributed by atoms with Crippen LogP contribution in [0.25, 0.3) is 0 Å². The first-order valence-corrected chi connectivity index (χ1v) is 10.1. The van der Waals surface area contributed by atoms with Crippen molar-refractivity contribution in [2.45, 2.75) is 77.9 Å². The highest BCUT2D eigenvalue weighted by atomic mass is 19.3. The van der Waals surface area contributed by atoms with Crippen molar-refractivity contribution in [1.29, 1.82) is 0 Å². The SMILES string of the molecule is C[C@H]1CC[C@]2(C)C3CC[C@]4(C)C(=C(F)F)CCC4C3C(O)[C@H](O)C2C1. The average Bonchev–Trinajstić information content (AvgIpc) is 2.91. The lowest BCUT2D eigenvalue weighted by atomic mass is 9.43. The predicted octanol–water partition coefficient (Wildman–Crippen LogP) is 4.76. The van der Waals surface area contributed by atoms with E-state index in [1.165, 1.54) is 6.42 Å². The van der Waals surface area contributed by atoms with Crippen molar-refractivity contribution < 1.29 is 19.0 Å². The zero-order chi connectivity index (χ0) is 18.1. The van der Waals surface area contributed by atoms with E-state index < -0.39 is 23.7 Å². The number of allylic oxidation sites excluding steroid dienone is 1. The Hall–Kier alpha value is -0.480. The predicted molar refractivity (Wildman–Crippen MR) is 92.9 cm³/mol. The van der Waals surface area contributed by atoms with E-state index in [0.29, 0.717) is 23.8 Å². The fourth-order valence-electron chi connectivity index (χ4n) is 7.58. The fraction of sp³-hybridized carbons (Fsp3) is 0.905. The number of hydrogen-bond donors (Lipinski definition) is 2. The van der Waals surface area contributed by atoms with Gasteiger partial charge in [0.1, 0.15) is 0 Å². The number of fused-ring (bicyclic) bond motifs is 5. The summed E-state index contributed by atoms with van der Waals surface area (Å²) < 4.78 is 27.0. The van der Waals surface area contributed by atoms with Crippen LogP contribution in [0.3, 0.4) is 0 Å². The van der Waals surface area contributed by atoms with Gasteiger partial charge in [0.05, 0.1) is 12.2 Å². The van der Waals surface area contributed by atoms with Crippen molar-refractivity contribution in [2.24, 2.45) is 40.4 Å². The zero-order valence-corrected chi connectivity index (χ0v) is 15.6. The molecule has 9 atom stereocenters. The highest BCUT2D eigenvalue weighted by molar-refractivity contribution is 5.25. The van der Waals surface area contributed by atoms with E-state index in [4.69, 9.17) is 0 Å². The molecule has 4 saturated carbocycles. The molecule has 0 amide bonds. The van der Waals surface area contributed by atoms with Crippen LogP contribution in [0.4, 0.5) is 8.78 Å². The van der Waals surface area contributed by atoms with Crippen LogP contribution in [0.2, 0.25) is 0 Å². The summed E-state index contributed by atoms with van der Waals surface area (Å²) in [5.41, 5.74) is -0.133. The molecule has 25 heavy (non-hydrogen) atoms. The van der Waals surface area contributed by atoms with E-state index in [-0.39, 0.29) is 23.2 Å². The van der Waals surface area contributed by atoms with Gasteiger partial charge >= 0.3 is 0 Å². The number of hydrogen-bond acceptors (Lipinski definition) is 2. The van der Waals surface area contributed by atoms with Gasteiger partial charge in [0, 0.05) is 5.57 Å². The van der Waals surface area contributed by atoms with E-state index in [9.17, 15) is 19.0 Å². The van der Waals surface area contributed by atoms with Gasteiger partial charge in [-0.25, -0.2) is 0 Å². The second-order valence-corrected chi connectivity index (χ2v) is 10.00. The first-order valence-electron chi connectivity index (χ1n) is 10.1. The van der Waals surface area contributed by atoms with Gasteiger partial charge in [0.15, 0.2) is 0 Å². The Kier molecular flexibility index (Phi) is 4.12. The molecule has 0 aromatic heterocycles. The quantitative estimate of drug-likeness (QED) is 0.658. The van der Waals surface area contributed by atoms with Crippen LogP contribution in [0.1, 0.15) is 65.7 Å². The maximum absolute atomic E-state index is 13.5. The first kappa shape index (κ1) is 17.9. The number of halogens is 2. The summed E-state index contributed by atoms with van der Waals surface area (Å²) in [5, 5.41) is 22.0. The van der Waals surface area contributed by atoms with E-state index in [2.05, 4.69) is 13.8 Å². The van der Waals surface area contributed by atoms with E-state index in [1.54, 1.807) is 0 Å². The largest absolute Gasteiger partial charge is 0.390 e. The number of aliphatic hydroxyl groups is 2. The molecule has 0 spiro atoms. The summed E-state index contributed by atoms with van der Waals surface area (Å²) in [5.74, 6) is 1.12. The molecule has 4 aliphatic carbocycles. The molecule has 0 bridgehead atoms. The fourth-order valence-corrected chi connectivity index (χ4v) is 7.58. The average molecular weight is 354 g/mol. The molecule has 142 valence electrons. The maximum Gasteiger partial charge on any atom is 0.270 e. The topological polar surface area (TPSA) is 40.5 Å². The minimum Gasteiger partial charge on any atom is -0.390 e. The normalized spacial score (nSPS) is 55.3. The summed E-state index contributed by atoms with van der Waals surface area (Å²) in [4.78, 5) is 0. The minimum atomic E-state index is -1.51. The number of aliphatic hydroxyl groups excluding tert-OH is 2. The first-order chi connectivity index (χ1) is 11.7. The van der Waals surface area contributed by atoms with Gasteiger partial charge in [-0.3, -0.25) is 0 Å². The van der Waals surface area contributed by atoms with Crippen molar-refractivity contribution in [3.8, 4) is 0 Å². The van der Waals surface area contributed by atoms with Crippen LogP contribution >= 0.6 is 0 Å². The van der Waals surface area contributed by atoms with Crippen molar-refractivity contribution in [2.75, 3.05) is 0 Å². The highest BCUT2D eigenvalue weighted by Crippen LogP contribution is 2.68. The van der Waals surface area contributed by atoms with E-state index >= 15 is 0 Å². The van der Waals surface area contributed by atoms with Crippen LogP contribution in [0, 0.1) is 40.4 Å². The summed E-state index contributed by atoms with van der Waals surface area (Å²) in [6.45, 7) is 6.52. The van der Waals surface area contributed by atoms with Crippen molar-refractivity contribution in [3.05, 3.63) is 11.7 Å². The monoisotopic (exact) mass is 354 g/mol. The van der Waals surface area contributed by atoms with Gasteiger partial charge in [-0.2, -0.15) is 8.78 Å². The molecular formula is C21H32F2O2. The molecule has 4 aliphatic rings. The Morgan fingerprint density at radius 2 is 1.68 bits per heavy atom. The Morgan fingerprint density at radius 3 is 2.36 bits per heavy atom. The molecule has 0 aliphatic heterocycles. The van der Waals surface area contributed by atoms with Crippen LogP contribution in [0.5, 0.6) is 0 Å². The third-order valence-electron chi connectivity index (χ3n) is 9.03. The lowest BCUT2D eigenvalue weighted by Crippen LogP contribution is -2.63. The molecule has 4 fully saturated rings. The van der Waals surface area contributed by atoms with Gasteiger partial charge in [0.2, 0.25) is 0 Å². The molecule has 0 radical (unpaired) electrons. The summed E-state index contributed by atoms with van der Waals surface area (Å²) in [6, 6.07) is 0. The Labute approximate surface area is 149 Å². The van der Waals surface area contributed by atoms with Crippen LogP contribution < -0.4 is 0 Å². The Bertz CT molecular complexity index is 586. The molecule has 0 heterocycles. The smallest absolute Gasteiger partial charge is 0.270 e. The second-order valence-electron chi connectivity index (χ2n) is 10.00. The molecule has 4 rings (SSSR count). The summed E-state index contributed by atoms with van der Waals surface area (Å²) in [6.07, 6.45) is 3.14. The third-order valence-corrected chi connectivity index (χ3v) is 9.03. The van der Waals surface area contributed by atoms with Crippen LogP contribution in [-0.2, 0) is 0 Å². The van der Waals surface area contributed by atoms with Gasteiger partial charge in [-0.15, -0.1) is 0 Å². The zero-order valence-electron chi connectivity index (χ0n) is 15.6. The van der Waals surface area contributed by atoms with E-state index in [0.717, 1.165) is 32.1 Å². The molecule has 0 aromatic carbocycles. The van der Waals surface area contributed by atoms with Crippen molar-refractivity contribution >= 4 is 0 Å². The van der Waals surface area contributed by atoms with Gasteiger partial charge in [0.25, 0.3) is 6.08 Å². The molecular weight excluding hydrogens is 322 g/mol. The number of rotatable bonds is 0. The maximum atomic E-state index is 13.5. The molecule has 5 unspecified atom stereocenters. The molecule has 0 aromatic rings. The molecule has 2 nitrogen and oxygen atoms in total. The summed E-state index contributed by atoms with van der Waals surface area (Å²) >= 11 is 0. The standard InChI is InChI=1S/C21H32F2O2/c1-11-6-8-21(3)13-7-9-20(2)12(4-5-14(20)19(22)23)16(13)18(25)17(24)15(21)10-11/h11-13,15-18,24-25H,4-10H2,1-3H3/t11-,12?,13?,15?,16?,17+,18?,20-,21+/m0/s1. The minimum absolute atomic E-state index is 0.0396. The molecule has 4 heteroatoms. The van der Waals surface area contributed by atoms with E-state index in [1.807, 2.05) is 6.92 Å². The van der Waals surface area contributed by atoms with Crippen molar-refractivity contribution in [1.82, 2.24) is 0 Å². The van der Waals surface area contributed by atoms with Gasteiger partial charge in [-0.05, 0) is 78.9 Å². The second kappa shape index (κ2) is 5.76. The van der Waals surface area contributed by atoms with Gasteiger partial charge in [-0.1, -0.05) is 27.2 Å². The summed E-state index contributed by atoms with van der Waals surface area (Å²) in [7, 11) is 0. The van der Waals surface area contributed by atoms with Gasteiger partial charge < -0.3 is 10.2 Å². The van der Waals surface area contributed by atoms with Crippen molar-refractivity contribution in [3.63, 3.8) is 0 Å². The molecule has 0 saturated heterocycles. The lowest BCUT2D eigenvalue weighted by Gasteiger charge is -2.63. The molecule has 2 N–H and O–H groups in total. The highest BCUT2D eigenvalue weighted by Gasteiger charge is 2.64. The van der Waals surface area contributed by atoms with Crippen LogP contribution in [-0.4, -0.2) is 22.4 Å². The Balaban J connectivity index is 1.73.